The van der Waals surface area contributed by atoms with Gasteiger partial charge in [0.2, 0.25) is 0 Å². The van der Waals surface area contributed by atoms with Crippen LogP contribution in [0.5, 0.6) is 5.75 Å². The number of ether oxygens (including phenoxy) is 1. The Hall–Kier alpha value is -3.57. The zero-order valence-corrected chi connectivity index (χ0v) is 19.4. The standard InChI is InChI=1S/C24H27F3N6O2/c1-32-12-20(24(26,27)13-32)33-22(29)17(10-28)21(31-33)14-7-8-15(18(25)9-14)11-30-23(34)16-5-3-4-6-19(16)35-2/h3-9,20H,10-13,28-29H2,1-2H3,(H,30,34). The molecule has 0 saturated carbocycles. The van der Waals surface area contributed by atoms with Crippen LogP contribution in [0.2, 0.25) is 0 Å². The van der Waals surface area contributed by atoms with Gasteiger partial charge in [-0.2, -0.15) is 5.10 Å². The third-order valence-corrected chi connectivity index (χ3v) is 6.12. The predicted octanol–water partition coefficient (Wildman–Crippen LogP) is 2.79. The number of benzene rings is 2. The molecular formula is C24H27F3N6O2. The lowest BCUT2D eigenvalue weighted by atomic mass is 10.0. The number of anilines is 1. The van der Waals surface area contributed by atoms with Crippen LogP contribution in [0.4, 0.5) is 19.0 Å². The molecule has 3 aromatic rings. The third-order valence-electron chi connectivity index (χ3n) is 6.12. The van der Waals surface area contributed by atoms with Gasteiger partial charge in [-0.1, -0.05) is 24.3 Å². The fraction of sp³-hybridized carbons (Fsp3) is 0.333. The Balaban J connectivity index is 1.57. The molecular weight excluding hydrogens is 461 g/mol. The van der Waals surface area contributed by atoms with E-state index in [-0.39, 0.29) is 36.7 Å². The highest BCUT2D eigenvalue weighted by Crippen LogP contribution is 2.39. The van der Waals surface area contributed by atoms with Crippen molar-refractivity contribution in [2.24, 2.45) is 5.73 Å². The number of para-hydroxylation sites is 1. The van der Waals surface area contributed by atoms with Crippen molar-refractivity contribution < 1.29 is 22.7 Å². The summed E-state index contributed by atoms with van der Waals surface area (Å²) in [5.41, 5.74) is 13.5. The van der Waals surface area contributed by atoms with Crippen molar-refractivity contribution in [1.82, 2.24) is 20.0 Å². The number of nitrogens with zero attached hydrogens (tertiary/aromatic N) is 3. The van der Waals surface area contributed by atoms with Crippen LogP contribution in [0, 0.1) is 5.82 Å². The largest absolute Gasteiger partial charge is 0.496 e. The quantitative estimate of drug-likeness (QED) is 0.472. The molecule has 1 aliphatic rings. The second kappa shape index (κ2) is 9.59. The van der Waals surface area contributed by atoms with Crippen molar-refractivity contribution in [2.75, 3.05) is 33.0 Å². The number of likely N-dealkylation sites (tertiary alicyclic amines) is 1. The number of alkyl halides is 2. The average Bonchev–Trinajstić information content (AvgIpc) is 3.30. The zero-order valence-electron chi connectivity index (χ0n) is 19.4. The van der Waals surface area contributed by atoms with E-state index in [0.29, 0.717) is 22.4 Å². The maximum atomic E-state index is 15.0. The van der Waals surface area contributed by atoms with Crippen LogP contribution in [0.3, 0.4) is 0 Å². The molecule has 2 aromatic carbocycles. The summed E-state index contributed by atoms with van der Waals surface area (Å²) in [6.45, 7) is -0.451. The van der Waals surface area contributed by atoms with E-state index in [0.717, 1.165) is 4.68 Å². The number of halogens is 3. The number of hydrogen-bond donors (Lipinski definition) is 3. The zero-order chi connectivity index (χ0) is 25.3. The van der Waals surface area contributed by atoms with E-state index in [1.807, 2.05) is 0 Å². The number of hydrogen-bond acceptors (Lipinski definition) is 6. The minimum absolute atomic E-state index is 0.0380. The first-order chi connectivity index (χ1) is 16.7. The Morgan fingerprint density at radius 1 is 1.29 bits per heavy atom. The number of methoxy groups -OCH3 is 1. The maximum Gasteiger partial charge on any atom is 0.283 e. The molecule has 1 atom stereocenters. The van der Waals surface area contributed by atoms with E-state index in [9.17, 15) is 18.0 Å². The van der Waals surface area contributed by atoms with Gasteiger partial charge in [-0.15, -0.1) is 0 Å². The molecule has 186 valence electrons. The molecule has 4 rings (SSSR count). The number of likely N-dealkylation sites (N-methyl/N-ethyl adjacent to an activating group) is 1. The van der Waals surface area contributed by atoms with Crippen LogP contribution in [-0.4, -0.2) is 53.8 Å². The molecule has 1 aliphatic heterocycles. The number of nitrogen functional groups attached to an aromatic ring is 1. The molecule has 0 radical (unpaired) electrons. The first kappa shape index (κ1) is 24.6. The average molecular weight is 489 g/mol. The van der Waals surface area contributed by atoms with Gasteiger partial charge in [0.05, 0.1) is 24.9 Å². The second-order valence-corrected chi connectivity index (χ2v) is 8.52. The van der Waals surface area contributed by atoms with E-state index in [1.54, 1.807) is 37.4 Å². The molecule has 35 heavy (non-hydrogen) atoms. The number of nitrogens with two attached hydrogens (primary N) is 2. The van der Waals surface area contributed by atoms with Gasteiger partial charge in [0.25, 0.3) is 11.8 Å². The lowest BCUT2D eigenvalue weighted by Gasteiger charge is -2.19. The fourth-order valence-electron chi connectivity index (χ4n) is 4.31. The molecule has 0 bridgehead atoms. The molecule has 2 heterocycles. The number of carbonyl (C=O) groups excluding carboxylic acids is 1. The van der Waals surface area contributed by atoms with Crippen molar-refractivity contribution in [1.29, 1.82) is 0 Å². The first-order valence-electron chi connectivity index (χ1n) is 11.0. The predicted molar refractivity (Wildman–Crippen MR) is 126 cm³/mol. The molecule has 8 nitrogen and oxygen atoms in total. The third kappa shape index (κ3) is 4.69. The van der Waals surface area contributed by atoms with Crippen LogP contribution >= 0.6 is 0 Å². The Bertz CT molecular complexity index is 1250. The van der Waals surface area contributed by atoms with Crippen LogP contribution < -0.4 is 21.5 Å². The van der Waals surface area contributed by atoms with E-state index >= 15 is 0 Å². The van der Waals surface area contributed by atoms with Crippen LogP contribution in [0.1, 0.15) is 27.5 Å². The minimum atomic E-state index is -3.02. The van der Waals surface area contributed by atoms with E-state index in [2.05, 4.69) is 10.4 Å². The molecule has 1 aromatic heterocycles. The number of rotatable bonds is 7. The number of nitrogens with one attached hydrogen (secondary N) is 1. The summed E-state index contributed by atoms with van der Waals surface area (Å²) >= 11 is 0. The maximum absolute atomic E-state index is 15.0. The Labute approximate surface area is 200 Å². The smallest absolute Gasteiger partial charge is 0.283 e. The van der Waals surface area contributed by atoms with Crippen molar-refractivity contribution in [3.8, 4) is 17.0 Å². The SMILES string of the molecule is COc1ccccc1C(=O)NCc1ccc(-c2nn(C3CN(C)CC3(F)F)c(N)c2CN)cc1F. The molecule has 1 saturated heterocycles. The Morgan fingerprint density at radius 3 is 2.66 bits per heavy atom. The van der Waals surface area contributed by atoms with Crippen molar-refractivity contribution in [3.63, 3.8) is 0 Å². The van der Waals surface area contributed by atoms with Gasteiger partial charge >= 0.3 is 0 Å². The first-order valence-corrected chi connectivity index (χ1v) is 11.0. The van der Waals surface area contributed by atoms with Gasteiger partial charge < -0.3 is 21.5 Å². The fourth-order valence-corrected chi connectivity index (χ4v) is 4.31. The lowest BCUT2D eigenvalue weighted by molar-refractivity contribution is -0.0232. The minimum Gasteiger partial charge on any atom is -0.496 e. The van der Waals surface area contributed by atoms with Gasteiger partial charge in [0.15, 0.2) is 0 Å². The summed E-state index contributed by atoms with van der Waals surface area (Å²) in [6.07, 6.45) is 0. The van der Waals surface area contributed by atoms with Crippen LogP contribution in [0.15, 0.2) is 42.5 Å². The Morgan fingerprint density at radius 2 is 2.03 bits per heavy atom. The summed E-state index contributed by atoms with van der Waals surface area (Å²) in [4.78, 5) is 14.0. The molecule has 0 aliphatic carbocycles. The highest BCUT2D eigenvalue weighted by atomic mass is 19.3. The Kier molecular flexibility index (Phi) is 6.73. The van der Waals surface area contributed by atoms with Crippen molar-refractivity contribution in [2.45, 2.75) is 25.1 Å². The van der Waals surface area contributed by atoms with Crippen LogP contribution in [0.25, 0.3) is 11.3 Å². The highest BCUT2D eigenvalue weighted by Gasteiger charge is 2.49. The second-order valence-electron chi connectivity index (χ2n) is 8.52. The van der Waals surface area contributed by atoms with Crippen molar-refractivity contribution in [3.05, 3.63) is 65.0 Å². The molecule has 1 fully saturated rings. The summed E-state index contributed by atoms with van der Waals surface area (Å²) < 4.78 is 50.3. The van der Waals surface area contributed by atoms with Gasteiger partial charge in [-0.05, 0) is 25.2 Å². The summed E-state index contributed by atoms with van der Waals surface area (Å²) in [6, 6.07) is 9.78. The lowest BCUT2D eigenvalue weighted by Crippen LogP contribution is -2.31. The molecule has 11 heteroatoms. The summed E-state index contributed by atoms with van der Waals surface area (Å²) in [7, 11) is 3.05. The summed E-state index contributed by atoms with van der Waals surface area (Å²) in [5.74, 6) is -3.58. The molecule has 0 spiro atoms. The molecule has 1 amide bonds. The topological polar surface area (TPSA) is 111 Å². The molecule has 1 unspecified atom stereocenters. The van der Waals surface area contributed by atoms with Gasteiger partial charge in [0, 0.05) is 36.3 Å². The van der Waals surface area contributed by atoms with E-state index in [1.165, 1.54) is 24.1 Å². The highest BCUT2D eigenvalue weighted by molar-refractivity contribution is 5.96. The monoisotopic (exact) mass is 488 g/mol. The number of aromatic nitrogens is 2. The van der Waals surface area contributed by atoms with E-state index < -0.39 is 30.2 Å². The summed E-state index contributed by atoms with van der Waals surface area (Å²) in [5, 5.41) is 6.99. The van der Waals surface area contributed by atoms with Gasteiger partial charge in [0.1, 0.15) is 23.4 Å². The van der Waals surface area contributed by atoms with Gasteiger partial charge in [-0.25, -0.2) is 17.9 Å². The van der Waals surface area contributed by atoms with Crippen LogP contribution in [-0.2, 0) is 13.1 Å². The normalized spacial score (nSPS) is 17.5. The number of carbonyl (C=O) groups is 1. The number of amides is 1. The van der Waals surface area contributed by atoms with Crippen molar-refractivity contribution >= 4 is 11.7 Å². The van der Waals surface area contributed by atoms with Gasteiger partial charge in [-0.3, -0.25) is 9.69 Å². The molecule has 5 N–H and O–H groups in total. The van der Waals surface area contributed by atoms with E-state index in [4.69, 9.17) is 16.2 Å².